The van der Waals surface area contributed by atoms with Crippen molar-refractivity contribution in [3.8, 4) is 0 Å². The van der Waals surface area contributed by atoms with Crippen molar-refractivity contribution >= 4 is 28.8 Å². The zero-order valence-electron chi connectivity index (χ0n) is 12.7. The Morgan fingerprint density at radius 1 is 1.26 bits per heavy atom. The highest BCUT2D eigenvalue weighted by Gasteiger charge is 2.30. The predicted molar refractivity (Wildman–Crippen MR) is 91.5 cm³/mol. The van der Waals surface area contributed by atoms with E-state index >= 15 is 0 Å². The molecule has 6 heteroatoms. The molecule has 0 bridgehead atoms. The summed E-state index contributed by atoms with van der Waals surface area (Å²) in [5.41, 5.74) is 6.35. The lowest BCUT2D eigenvalue weighted by atomic mass is 10.1. The molecule has 23 heavy (non-hydrogen) atoms. The first-order valence-electron chi connectivity index (χ1n) is 7.62. The van der Waals surface area contributed by atoms with Gasteiger partial charge in [-0.1, -0.05) is 18.2 Å². The summed E-state index contributed by atoms with van der Waals surface area (Å²) in [6.45, 7) is 0.937. The molecule has 120 valence electrons. The predicted octanol–water partition coefficient (Wildman–Crippen LogP) is 2.62. The average Bonchev–Trinajstić information content (AvgIpc) is 3.23. The van der Waals surface area contributed by atoms with Crippen LogP contribution in [0.25, 0.3) is 0 Å². The summed E-state index contributed by atoms with van der Waals surface area (Å²) in [5.74, 6) is -0.460. The van der Waals surface area contributed by atoms with Gasteiger partial charge in [0.05, 0.1) is 18.2 Å². The van der Waals surface area contributed by atoms with Gasteiger partial charge in [0, 0.05) is 17.1 Å². The van der Waals surface area contributed by atoms with Crippen LogP contribution in [-0.4, -0.2) is 29.8 Å². The Morgan fingerprint density at radius 2 is 2.09 bits per heavy atom. The molecule has 2 heterocycles. The first-order chi connectivity index (χ1) is 11.2. The van der Waals surface area contributed by atoms with Crippen molar-refractivity contribution < 1.29 is 9.59 Å². The molecule has 1 saturated heterocycles. The lowest BCUT2D eigenvalue weighted by Gasteiger charge is -2.24. The number of carbonyl (C=O) groups excluding carboxylic acids is 2. The first-order valence-corrected chi connectivity index (χ1v) is 8.50. The maximum Gasteiger partial charge on any atom is 0.250 e. The highest BCUT2D eigenvalue weighted by molar-refractivity contribution is 7.10. The summed E-state index contributed by atoms with van der Waals surface area (Å²) in [6, 6.07) is 11.2. The summed E-state index contributed by atoms with van der Waals surface area (Å²) in [5, 5.41) is 5.09. The van der Waals surface area contributed by atoms with Crippen molar-refractivity contribution in [3.05, 3.63) is 52.2 Å². The van der Waals surface area contributed by atoms with E-state index in [0.29, 0.717) is 11.3 Å². The van der Waals surface area contributed by atoms with E-state index in [1.165, 1.54) is 4.88 Å². The minimum absolute atomic E-state index is 0.0418. The molecule has 1 fully saturated rings. The number of thiophene rings is 1. The van der Waals surface area contributed by atoms with Crippen LogP contribution in [0, 0.1) is 0 Å². The van der Waals surface area contributed by atoms with Gasteiger partial charge in [0.2, 0.25) is 5.91 Å². The highest BCUT2D eigenvalue weighted by Crippen LogP contribution is 2.34. The number of nitrogens with one attached hydrogen (secondary N) is 1. The van der Waals surface area contributed by atoms with E-state index in [1.807, 2.05) is 22.4 Å². The quantitative estimate of drug-likeness (QED) is 0.885. The molecule has 1 aliphatic heterocycles. The molecule has 1 atom stereocenters. The number of anilines is 1. The van der Waals surface area contributed by atoms with E-state index < -0.39 is 5.91 Å². The molecule has 0 spiro atoms. The number of carbonyl (C=O) groups is 2. The van der Waals surface area contributed by atoms with Gasteiger partial charge in [-0.15, -0.1) is 11.3 Å². The highest BCUT2D eigenvalue weighted by atomic mass is 32.1. The minimum Gasteiger partial charge on any atom is -0.376 e. The zero-order chi connectivity index (χ0) is 16.2. The fraction of sp³-hybridized carbons (Fsp3) is 0.294. The molecule has 1 aliphatic rings. The molecule has 2 aromatic rings. The fourth-order valence-corrected chi connectivity index (χ4v) is 3.84. The lowest BCUT2D eigenvalue weighted by molar-refractivity contribution is -0.130. The Bertz CT molecular complexity index is 700. The number of para-hydroxylation sites is 1. The average molecular weight is 329 g/mol. The maximum atomic E-state index is 12.6. The standard InChI is InChI=1S/C17H19N3O2S/c18-17(22)12-5-1-2-6-13(12)19-11-16(21)20-9-3-7-14(20)15-8-4-10-23-15/h1-2,4-6,8,10,14,19H,3,7,9,11H2,(H2,18,22)/t14-/m0/s1. The number of nitrogens with zero attached hydrogens (tertiary/aromatic N) is 1. The SMILES string of the molecule is NC(=O)c1ccccc1NCC(=O)N1CCC[C@H]1c1cccs1. The molecule has 2 amide bonds. The Labute approximate surface area is 139 Å². The smallest absolute Gasteiger partial charge is 0.250 e. The van der Waals surface area contributed by atoms with Gasteiger partial charge in [-0.05, 0) is 36.4 Å². The van der Waals surface area contributed by atoms with E-state index in [2.05, 4.69) is 11.4 Å². The molecule has 0 saturated carbocycles. The third kappa shape index (κ3) is 3.37. The van der Waals surface area contributed by atoms with Crippen LogP contribution in [0.5, 0.6) is 0 Å². The van der Waals surface area contributed by atoms with Crippen molar-refractivity contribution in [1.29, 1.82) is 0 Å². The largest absolute Gasteiger partial charge is 0.376 e. The van der Waals surface area contributed by atoms with Crippen LogP contribution in [-0.2, 0) is 4.79 Å². The van der Waals surface area contributed by atoms with E-state index in [0.717, 1.165) is 19.4 Å². The van der Waals surface area contributed by atoms with Crippen LogP contribution < -0.4 is 11.1 Å². The van der Waals surface area contributed by atoms with Crippen LogP contribution in [0.1, 0.15) is 34.1 Å². The molecule has 3 rings (SSSR count). The number of likely N-dealkylation sites (tertiary alicyclic amines) is 1. The lowest BCUT2D eigenvalue weighted by Crippen LogP contribution is -2.35. The number of hydrogen-bond donors (Lipinski definition) is 2. The molecule has 0 aliphatic carbocycles. The Kier molecular flexibility index (Phi) is 4.62. The second kappa shape index (κ2) is 6.83. The topological polar surface area (TPSA) is 75.4 Å². The van der Waals surface area contributed by atoms with Gasteiger partial charge in [0.25, 0.3) is 5.91 Å². The van der Waals surface area contributed by atoms with Crippen LogP contribution in [0.2, 0.25) is 0 Å². The van der Waals surface area contributed by atoms with Gasteiger partial charge in [0.1, 0.15) is 0 Å². The summed E-state index contributed by atoms with van der Waals surface area (Å²) in [6.07, 6.45) is 2.02. The number of nitrogens with two attached hydrogens (primary N) is 1. The number of amides is 2. The monoisotopic (exact) mass is 329 g/mol. The molecular formula is C17H19N3O2S. The van der Waals surface area contributed by atoms with Gasteiger partial charge in [0.15, 0.2) is 0 Å². The first kappa shape index (κ1) is 15.6. The Balaban J connectivity index is 1.67. The van der Waals surface area contributed by atoms with Crippen LogP contribution in [0.15, 0.2) is 41.8 Å². The number of primary amides is 1. The summed E-state index contributed by atoms with van der Waals surface area (Å²) < 4.78 is 0. The number of benzene rings is 1. The van der Waals surface area contributed by atoms with Gasteiger partial charge < -0.3 is 16.0 Å². The van der Waals surface area contributed by atoms with Crippen molar-refractivity contribution in [2.24, 2.45) is 5.73 Å². The summed E-state index contributed by atoms with van der Waals surface area (Å²) in [4.78, 5) is 27.1. The van der Waals surface area contributed by atoms with Gasteiger partial charge in [-0.25, -0.2) is 0 Å². The second-order valence-corrected chi connectivity index (χ2v) is 6.50. The minimum atomic E-state index is -0.502. The number of rotatable bonds is 5. The van der Waals surface area contributed by atoms with E-state index in [9.17, 15) is 9.59 Å². The summed E-state index contributed by atoms with van der Waals surface area (Å²) in [7, 11) is 0. The van der Waals surface area contributed by atoms with Crippen LogP contribution in [0.3, 0.4) is 0 Å². The van der Waals surface area contributed by atoms with Gasteiger partial charge in [-0.2, -0.15) is 0 Å². The molecule has 1 aromatic heterocycles. The Hall–Kier alpha value is -2.34. The van der Waals surface area contributed by atoms with Gasteiger partial charge >= 0.3 is 0 Å². The molecule has 1 aromatic carbocycles. The van der Waals surface area contributed by atoms with Crippen molar-refractivity contribution in [2.45, 2.75) is 18.9 Å². The molecule has 0 unspecified atom stereocenters. The molecule has 0 radical (unpaired) electrons. The van der Waals surface area contributed by atoms with E-state index in [-0.39, 0.29) is 18.5 Å². The van der Waals surface area contributed by atoms with Crippen LogP contribution >= 0.6 is 11.3 Å². The third-order valence-corrected chi connectivity index (χ3v) is 5.04. The van der Waals surface area contributed by atoms with Crippen molar-refractivity contribution in [3.63, 3.8) is 0 Å². The third-order valence-electron chi connectivity index (χ3n) is 4.07. The van der Waals surface area contributed by atoms with Crippen molar-refractivity contribution in [2.75, 3.05) is 18.4 Å². The van der Waals surface area contributed by atoms with Crippen LogP contribution in [0.4, 0.5) is 5.69 Å². The number of hydrogen-bond acceptors (Lipinski definition) is 4. The summed E-state index contributed by atoms with van der Waals surface area (Å²) >= 11 is 1.69. The molecule has 3 N–H and O–H groups in total. The second-order valence-electron chi connectivity index (χ2n) is 5.52. The normalized spacial score (nSPS) is 17.2. The van der Waals surface area contributed by atoms with E-state index in [4.69, 9.17) is 5.73 Å². The Morgan fingerprint density at radius 3 is 2.83 bits per heavy atom. The fourth-order valence-electron chi connectivity index (χ4n) is 2.97. The van der Waals surface area contributed by atoms with Crippen molar-refractivity contribution in [1.82, 2.24) is 4.90 Å². The molecule has 5 nitrogen and oxygen atoms in total. The molecular weight excluding hydrogens is 310 g/mol. The van der Waals surface area contributed by atoms with E-state index in [1.54, 1.807) is 29.5 Å². The van der Waals surface area contributed by atoms with Gasteiger partial charge in [-0.3, -0.25) is 9.59 Å². The zero-order valence-corrected chi connectivity index (χ0v) is 13.5. The maximum absolute atomic E-state index is 12.6.